The first-order valence-electron chi connectivity index (χ1n) is 15.5. The zero-order valence-electron chi connectivity index (χ0n) is 25.4. The number of rotatable bonds is 4. The van der Waals surface area contributed by atoms with Gasteiger partial charge in [0.2, 0.25) is 0 Å². The average molecular weight is 553 g/mol. The Hall–Kier alpha value is -4.68. The molecule has 43 heavy (non-hydrogen) atoms. The van der Waals surface area contributed by atoms with Crippen molar-refractivity contribution in [2.24, 2.45) is 0 Å². The van der Waals surface area contributed by atoms with Crippen molar-refractivity contribution in [2.75, 3.05) is 0 Å². The van der Waals surface area contributed by atoms with Crippen LogP contribution in [0.1, 0.15) is 61.1 Å². The van der Waals surface area contributed by atoms with Crippen molar-refractivity contribution >= 4 is 0 Å². The van der Waals surface area contributed by atoms with Crippen molar-refractivity contribution in [2.45, 2.75) is 44.9 Å². The lowest BCUT2D eigenvalue weighted by Gasteiger charge is -2.22. The molecule has 2 aliphatic rings. The van der Waals surface area contributed by atoms with Crippen molar-refractivity contribution in [3.8, 4) is 44.5 Å². The fourth-order valence-corrected chi connectivity index (χ4v) is 7.96. The standard InChI is InChI=1S/C43H36/c1-42(2)36-20-10-8-16-34(36)40-32(18-12-22-38(40)42)29-24-25-31(30(27-29)26-28-14-6-5-7-15-28)33-19-13-23-39-41(33)35-17-9-11-21-37(35)43(39,3)4/h5-25,27H,26H2,1-4H3. The Balaban J connectivity index is 1.36. The summed E-state index contributed by atoms with van der Waals surface area (Å²) < 4.78 is 0. The predicted octanol–water partition coefficient (Wildman–Crippen LogP) is 11.2. The summed E-state index contributed by atoms with van der Waals surface area (Å²) in [6, 6.07) is 49.9. The molecule has 0 nitrogen and oxygen atoms in total. The maximum Gasteiger partial charge on any atom is 0.0159 e. The maximum absolute atomic E-state index is 2.47. The van der Waals surface area contributed by atoms with E-state index in [4.69, 9.17) is 0 Å². The van der Waals surface area contributed by atoms with Crippen molar-refractivity contribution in [1.82, 2.24) is 0 Å². The molecule has 6 aromatic rings. The number of hydrogen-bond donors (Lipinski definition) is 0. The van der Waals surface area contributed by atoms with E-state index in [9.17, 15) is 0 Å². The van der Waals surface area contributed by atoms with E-state index in [-0.39, 0.29) is 10.8 Å². The van der Waals surface area contributed by atoms with Crippen molar-refractivity contribution in [1.29, 1.82) is 0 Å². The molecule has 6 aromatic carbocycles. The van der Waals surface area contributed by atoms with Crippen LogP contribution in [0.25, 0.3) is 44.5 Å². The first-order chi connectivity index (χ1) is 20.9. The van der Waals surface area contributed by atoms with Crippen LogP contribution in [0.15, 0.2) is 133 Å². The van der Waals surface area contributed by atoms with E-state index in [1.165, 1.54) is 77.9 Å². The number of hydrogen-bond acceptors (Lipinski definition) is 0. The molecule has 0 amide bonds. The molecule has 0 aromatic heterocycles. The minimum atomic E-state index is -0.0216. The van der Waals surface area contributed by atoms with Crippen molar-refractivity contribution in [3.63, 3.8) is 0 Å². The molecule has 0 saturated carbocycles. The van der Waals surface area contributed by atoms with Crippen LogP contribution >= 0.6 is 0 Å². The molecule has 0 heterocycles. The van der Waals surface area contributed by atoms with E-state index in [1.807, 2.05) is 0 Å². The molecular formula is C43H36. The molecular weight excluding hydrogens is 516 g/mol. The first-order valence-corrected chi connectivity index (χ1v) is 15.5. The number of benzene rings is 6. The van der Waals surface area contributed by atoms with Gasteiger partial charge in [-0.05, 0) is 84.3 Å². The van der Waals surface area contributed by atoms with E-state index >= 15 is 0 Å². The molecule has 0 bridgehead atoms. The quantitative estimate of drug-likeness (QED) is 0.204. The van der Waals surface area contributed by atoms with E-state index in [1.54, 1.807) is 0 Å². The average Bonchev–Trinajstić information content (AvgIpc) is 3.42. The van der Waals surface area contributed by atoms with Gasteiger partial charge in [-0.1, -0.05) is 161 Å². The Kier molecular flexibility index (Phi) is 5.69. The van der Waals surface area contributed by atoms with E-state index in [2.05, 4.69) is 161 Å². The van der Waals surface area contributed by atoms with Crippen LogP contribution in [0.5, 0.6) is 0 Å². The van der Waals surface area contributed by atoms with Gasteiger partial charge in [-0.15, -0.1) is 0 Å². The monoisotopic (exact) mass is 552 g/mol. The second kappa shape index (κ2) is 9.41. The van der Waals surface area contributed by atoms with Gasteiger partial charge in [-0.25, -0.2) is 0 Å². The van der Waals surface area contributed by atoms with E-state index in [0.717, 1.165) is 6.42 Å². The van der Waals surface area contributed by atoms with Crippen LogP contribution in [-0.4, -0.2) is 0 Å². The van der Waals surface area contributed by atoms with Gasteiger partial charge in [-0.3, -0.25) is 0 Å². The third-order valence-electron chi connectivity index (χ3n) is 10.2. The summed E-state index contributed by atoms with van der Waals surface area (Å²) >= 11 is 0. The minimum absolute atomic E-state index is 0.0144. The summed E-state index contributed by atoms with van der Waals surface area (Å²) in [5, 5.41) is 0. The van der Waals surface area contributed by atoms with Gasteiger partial charge in [0, 0.05) is 10.8 Å². The summed E-state index contributed by atoms with van der Waals surface area (Å²) in [6.07, 6.45) is 0.885. The van der Waals surface area contributed by atoms with Crippen LogP contribution in [0.4, 0.5) is 0 Å². The fraction of sp³-hybridized carbons (Fsp3) is 0.163. The largest absolute Gasteiger partial charge is 0.0622 e. The molecule has 0 aliphatic heterocycles. The molecule has 208 valence electrons. The molecule has 8 rings (SSSR count). The summed E-state index contributed by atoms with van der Waals surface area (Å²) in [4.78, 5) is 0. The zero-order chi connectivity index (χ0) is 29.3. The molecule has 0 fully saturated rings. The Morgan fingerprint density at radius 3 is 1.51 bits per heavy atom. The van der Waals surface area contributed by atoms with Crippen LogP contribution in [-0.2, 0) is 17.3 Å². The molecule has 0 radical (unpaired) electrons. The van der Waals surface area contributed by atoms with Crippen LogP contribution < -0.4 is 0 Å². The second-order valence-corrected chi connectivity index (χ2v) is 13.3. The summed E-state index contributed by atoms with van der Waals surface area (Å²) in [7, 11) is 0. The first kappa shape index (κ1) is 26.0. The Morgan fingerprint density at radius 2 is 0.884 bits per heavy atom. The van der Waals surface area contributed by atoms with Gasteiger partial charge in [0.05, 0.1) is 0 Å². The highest BCUT2D eigenvalue weighted by molar-refractivity contribution is 5.96. The van der Waals surface area contributed by atoms with Gasteiger partial charge in [0.15, 0.2) is 0 Å². The van der Waals surface area contributed by atoms with E-state index in [0.29, 0.717) is 0 Å². The molecule has 2 aliphatic carbocycles. The van der Waals surface area contributed by atoms with Crippen molar-refractivity contribution < 1.29 is 0 Å². The molecule has 0 spiro atoms. The summed E-state index contributed by atoms with van der Waals surface area (Å²) in [5.41, 5.74) is 19.1. The highest BCUT2D eigenvalue weighted by Gasteiger charge is 2.38. The second-order valence-electron chi connectivity index (χ2n) is 13.3. The number of fused-ring (bicyclic) bond motifs is 6. The highest BCUT2D eigenvalue weighted by Crippen LogP contribution is 2.54. The van der Waals surface area contributed by atoms with Gasteiger partial charge in [-0.2, -0.15) is 0 Å². The lowest BCUT2D eigenvalue weighted by molar-refractivity contribution is 0.660. The lowest BCUT2D eigenvalue weighted by atomic mass is 9.81. The van der Waals surface area contributed by atoms with Gasteiger partial charge in [0.1, 0.15) is 0 Å². The van der Waals surface area contributed by atoms with Gasteiger partial charge in [0.25, 0.3) is 0 Å². The van der Waals surface area contributed by atoms with Crippen LogP contribution in [0.3, 0.4) is 0 Å². The molecule has 0 heteroatoms. The van der Waals surface area contributed by atoms with Gasteiger partial charge >= 0.3 is 0 Å². The molecule has 0 atom stereocenters. The van der Waals surface area contributed by atoms with Crippen LogP contribution in [0.2, 0.25) is 0 Å². The highest BCUT2D eigenvalue weighted by atomic mass is 14.4. The summed E-state index contributed by atoms with van der Waals surface area (Å²) in [6.45, 7) is 9.46. The minimum Gasteiger partial charge on any atom is -0.0622 e. The smallest absolute Gasteiger partial charge is 0.0159 e. The topological polar surface area (TPSA) is 0 Å². The summed E-state index contributed by atoms with van der Waals surface area (Å²) in [5.74, 6) is 0. The normalized spacial score (nSPS) is 15.0. The molecule has 0 N–H and O–H groups in total. The molecule has 0 unspecified atom stereocenters. The van der Waals surface area contributed by atoms with Gasteiger partial charge < -0.3 is 0 Å². The Labute approximate surface area is 255 Å². The third-order valence-corrected chi connectivity index (χ3v) is 10.2. The van der Waals surface area contributed by atoms with Crippen molar-refractivity contribution in [3.05, 3.63) is 167 Å². The predicted molar refractivity (Wildman–Crippen MR) is 182 cm³/mol. The fourth-order valence-electron chi connectivity index (χ4n) is 7.96. The Bertz CT molecular complexity index is 2040. The SMILES string of the molecule is CC1(C)c2ccccc2-c2c(-c3ccc(-c4cccc5c4-c4ccccc4C5(C)C)c(Cc4ccccc4)c3)cccc21. The zero-order valence-corrected chi connectivity index (χ0v) is 25.4. The van der Waals surface area contributed by atoms with Crippen LogP contribution in [0, 0.1) is 0 Å². The lowest BCUT2D eigenvalue weighted by Crippen LogP contribution is -2.14. The Morgan fingerprint density at radius 1 is 0.395 bits per heavy atom. The molecule has 0 saturated heterocycles. The third kappa shape index (κ3) is 3.83. The maximum atomic E-state index is 2.47. The van der Waals surface area contributed by atoms with E-state index < -0.39 is 0 Å².